The first-order chi connectivity index (χ1) is 8.09. The monoisotopic (exact) mass is 236 g/mol. The number of rotatable bonds is 7. The van der Waals surface area contributed by atoms with E-state index in [4.69, 9.17) is 0 Å². The normalized spacial score (nSPS) is 11.1. The van der Waals surface area contributed by atoms with E-state index in [1.165, 1.54) is 18.4 Å². The maximum atomic E-state index is 9.66. The second-order valence-electron chi connectivity index (χ2n) is 4.82. The number of nitrogens with zero attached hydrogens (tertiary/aromatic N) is 1. The lowest BCUT2D eigenvalue weighted by Crippen LogP contribution is -2.18. The molecule has 0 bridgehead atoms. The first-order valence-electron chi connectivity index (χ1n) is 6.23. The Morgan fingerprint density at radius 1 is 1.24 bits per heavy atom. The number of hydrogen-bond donors (Lipinski definition) is 2. The van der Waals surface area contributed by atoms with Crippen molar-refractivity contribution in [2.45, 2.75) is 26.3 Å². The largest absolute Gasteiger partial charge is 0.508 e. The molecular weight excluding hydrogens is 212 g/mol. The zero-order valence-electron chi connectivity index (χ0n) is 11.2. The summed E-state index contributed by atoms with van der Waals surface area (Å²) in [5, 5.41) is 13.0. The third kappa shape index (κ3) is 5.71. The predicted octanol–water partition coefficient (Wildman–Crippen LogP) is 2.13. The number of hydrogen-bond acceptors (Lipinski definition) is 3. The molecule has 0 heterocycles. The lowest BCUT2D eigenvalue weighted by molar-refractivity contribution is 0.391. The topological polar surface area (TPSA) is 35.5 Å². The molecule has 3 nitrogen and oxygen atoms in total. The Morgan fingerprint density at radius 2 is 2.00 bits per heavy atom. The van der Waals surface area contributed by atoms with Gasteiger partial charge in [-0.25, -0.2) is 0 Å². The quantitative estimate of drug-likeness (QED) is 0.712. The predicted molar refractivity (Wildman–Crippen MR) is 72.3 cm³/mol. The van der Waals surface area contributed by atoms with Gasteiger partial charge in [-0.15, -0.1) is 0 Å². The average Bonchev–Trinajstić information content (AvgIpc) is 2.27. The van der Waals surface area contributed by atoms with E-state index >= 15 is 0 Å². The van der Waals surface area contributed by atoms with Crippen LogP contribution >= 0.6 is 0 Å². The van der Waals surface area contributed by atoms with Gasteiger partial charge in [-0.3, -0.25) is 0 Å². The lowest BCUT2D eigenvalue weighted by atomic mass is 10.1. The summed E-state index contributed by atoms with van der Waals surface area (Å²) in [4.78, 5) is 2.20. The molecule has 1 rings (SSSR count). The van der Waals surface area contributed by atoms with E-state index in [0.717, 1.165) is 25.2 Å². The van der Waals surface area contributed by atoms with E-state index in [-0.39, 0.29) is 0 Å². The second kappa shape index (κ2) is 7.30. The molecule has 0 aliphatic heterocycles. The molecular formula is C14H24N2O. The SMILES string of the molecule is Cc1ccc(O)c(CNCCCCN(C)C)c1. The minimum Gasteiger partial charge on any atom is -0.508 e. The third-order valence-corrected chi connectivity index (χ3v) is 2.76. The molecule has 0 saturated carbocycles. The molecule has 0 aliphatic rings. The Balaban J connectivity index is 2.20. The Kier molecular flexibility index (Phi) is 6.01. The number of unbranched alkanes of at least 4 members (excludes halogenated alkanes) is 1. The lowest BCUT2D eigenvalue weighted by Gasteiger charge is -2.10. The van der Waals surface area contributed by atoms with Crippen LogP contribution in [0.3, 0.4) is 0 Å². The number of nitrogens with one attached hydrogen (secondary N) is 1. The van der Waals surface area contributed by atoms with Gasteiger partial charge in [0, 0.05) is 12.1 Å². The second-order valence-corrected chi connectivity index (χ2v) is 4.82. The van der Waals surface area contributed by atoms with E-state index < -0.39 is 0 Å². The number of aromatic hydroxyl groups is 1. The minimum atomic E-state index is 0.386. The van der Waals surface area contributed by atoms with E-state index in [1.54, 1.807) is 6.07 Å². The van der Waals surface area contributed by atoms with Crippen molar-refractivity contribution in [2.24, 2.45) is 0 Å². The molecule has 0 radical (unpaired) electrons. The molecule has 96 valence electrons. The molecule has 0 amide bonds. The first-order valence-corrected chi connectivity index (χ1v) is 6.23. The fourth-order valence-electron chi connectivity index (χ4n) is 1.76. The molecule has 0 fully saturated rings. The highest BCUT2D eigenvalue weighted by molar-refractivity contribution is 5.35. The van der Waals surface area contributed by atoms with Crippen molar-refractivity contribution < 1.29 is 5.11 Å². The summed E-state index contributed by atoms with van der Waals surface area (Å²) in [6.45, 7) is 4.92. The van der Waals surface area contributed by atoms with Crippen LogP contribution in [0.15, 0.2) is 18.2 Å². The number of phenolic OH excluding ortho intramolecular Hbond substituents is 1. The molecule has 17 heavy (non-hydrogen) atoms. The van der Waals surface area contributed by atoms with Crippen molar-refractivity contribution in [1.29, 1.82) is 0 Å². The molecule has 0 spiro atoms. The van der Waals surface area contributed by atoms with E-state index in [2.05, 4.69) is 24.3 Å². The van der Waals surface area contributed by atoms with Gasteiger partial charge in [0.1, 0.15) is 5.75 Å². The van der Waals surface area contributed by atoms with Gasteiger partial charge in [0.25, 0.3) is 0 Å². The number of phenols is 1. The van der Waals surface area contributed by atoms with E-state index in [9.17, 15) is 5.11 Å². The fraction of sp³-hybridized carbons (Fsp3) is 0.571. The first kappa shape index (κ1) is 14.0. The van der Waals surface area contributed by atoms with Crippen molar-refractivity contribution >= 4 is 0 Å². The van der Waals surface area contributed by atoms with Gasteiger partial charge < -0.3 is 15.3 Å². The van der Waals surface area contributed by atoms with Gasteiger partial charge in [0.15, 0.2) is 0 Å². The van der Waals surface area contributed by atoms with Crippen LogP contribution in [0.25, 0.3) is 0 Å². The van der Waals surface area contributed by atoms with Crippen molar-refractivity contribution in [2.75, 3.05) is 27.2 Å². The van der Waals surface area contributed by atoms with Crippen LogP contribution in [0.1, 0.15) is 24.0 Å². The Morgan fingerprint density at radius 3 is 2.71 bits per heavy atom. The zero-order valence-corrected chi connectivity index (χ0v) is 11.2. The third-order valence-electron chi connectivity index (χ3n) is 2.76. The summed E-state index contributed by atoms with van der Waals surface area (Å²) in [7, 11) is 4.19. The summed E-state index contributed by atoms with van der Waals surface area (Å²) < 4.78 is 0. The van der Waals surface area contributed by atoms with Crippen molar-refractivity contribution in [1.82, 2.24) is 10.2 Å². The molecule has 0 saturated heterocycles. The summed E-state index contributed by atoms with van der Waals surface area (Å²) in [6.07, 6.45) is 2.38. The standard InChI is InChI=1S/C14H24N2O/c1-12-6-7-14(17)13(10-12)11-15-8-4-5-9-16(2)3/h6-7,10,15,17H,4-5,8-9,11H2,1-3H3. The van der Waals surface area contributed by atoms with Crippen molar-refractivity contribution in [3.05, 3.63) is 29.3 Å². The van der Waals surface area contributed by atoms with Crippen LogP contribution in [0.2, 0.25) is 0 Å². The van der Waals surface area contributed by atoms with Crippen LogP contribution in [-0.2, 0) is 6.54 Å². The van der Waals surface area contributed by atoms with Crippen LogP contribution in [0.4, 0.5) is 0 Å². The van der Waals surface area contributed by atoms with Gasteiger partial charge in [-0.05, 0) is 53.0 Å². The van der Waals surface area contributed by atoms with E-state index in [1.807, 2.05) is 19.1 Å². The molecule has 3 heteroatoms. The highest BCUT2D eigenvalue weighted by atomic mass is 16.3. The zero-order chi connectivity index (χ0) is 12.7. The van der Waals surface area contributed by atoms with Crippen molar-refractivity contribution in [3.63, 3.8) is 0 Å². The number of benzene rings is 1. The highest BCUT2D eigenvalue weighted by Crippen LogP contribution is 2.17. The molecule has 0 atom stereocenters. The summed E-state index contributed by atoms with van der Waals surface area (Å²) in [5.41, 5.74) is 2.17. The highest BCUT2D eigenvalue weighted by Gasteiger charge is 2.00. The minimum absolute atomic E-state index is 0.386. The van der Waals surface area contributed by atoms with Crippen LogP contribution < -0.4 is 5.32 Å². The van der Waals surface area contributed by atoms with Gasteiger partial charge >= 0.3 is 0 Å². The Bertz CT molecular complexity index is 337. The molecule has 0 aromatic heterocycles. The summed E-state index contributed by atoms with van der Waals surface area (Å²) in [5.74, 6) is 0.386. The maximum Gasteiger partial charge on any atom is 0.120 e. The Labute approximate surface area is 104 Å². The summed E-state index contributed by atoms with van der Waals surface area (Å²) >= 11 is 0. The molecule has 0 unspecified atom stereocenters. The van der Waals surface area contributed by atoms with Gasteiger partial charge in [-0.1, -0.05) is 17.7 Å². The number of aryl methyl sites for hydroxylation is 1. The Hall–Kier alpha value is -1.06. The smallest absolute Gasteiger partial charge is 0.120 e. The van der Waals surface area contributed by atoms with Crippen LogP contribution in [0.5, 0.6) is 5.75 Å². The van der Waals surface area contributed by atoms with E-state index in [0.29, 0.717) is 5.75 Å². The fourth-order valence-corrected chi connectivity index (χ4v) is 1.76. The van der Waals surface area contributed by atoms with Crippen LogP contribution in [-0.4, -0.2) is 37.2 Å². The van der Waals surface area contributed by atoms with Crippen LogP contribution in [0, 0.1) is 6.92 Å². The molecule has 1 aromatic carbocycles. The van der Waals surface area contributed by atoms with Gasteiger partial charge in [0.2, 0.25) is 0 Å². The molecule has 0 aliphatic carbocycles. The maximum absolute atomic E-state index is 9.66. The van der Waals surface area contributed by atoms with Gasteiger partial charge in [-0.2, -0.15) is 0 Å². The average molecular weight is 236 g/mol. The molecule has 2 N–H and O–H groups in total. The van der Waals surface area contributed by atoms with Gasteiger partial charge in [0.05, 0.1) is 0 Å². The summed E-state index contributed by atoms with van der Waals surface area (Å²) in [6, 6.07) is 5.72. The van der Waals surface area contributed by atoms with Crippen molar-refractivity contribution in [3.8, 4) is 5.75 Å². The molecule has 1 aromatic rings.